The van der Waals surface area contributed by atoms with Crippen molar-refractivity contribution < 1.29 is 4.74 Å². The van der Waals surface area contributed by atoms with Crippen molar-refractivity contribution >= 4 is 0 Å². The molecule has 0 aliphatic heterocycles. The van der Waals surface area contributed by atoms with Gasteiger partial charge in [0.25, 0.3) is 0 Å². The van der Waals surface area contributed by atoms with E-state index in [4.69, 9.17) is 16.2 Å². The zero-order valence-electron chi connectivity index (χ0n) is 8.73. The Morgan fingerprint density at radius 1 is 1.29 bits per heavy atom. The predicted octanol–water partition coefficient (Wildman–Crippen LogP) is 1.29. The number of ether oxygens (including phenoxy) is 1. The molecular formula is C11H18N2O. The summed E-state index contributed by atoms with van der Waals surface area (Å²) >= 11 is 0. The van der Waals surface area contributed by atoms with Crippen LogP contribution in [0.1, 0.15) is 18.5 Å². The first-order valence-electron chi connectivity index (χ1n) is 4.78. The Labute approximate surface area is 85.0 Å². The van der Waals surface area contributed by atoms with Crippen LogP contribution in [0.3, 0.4) is 0 Å². The largest absolute Gasteiger partial charge is 0.497 e. The molecule has 1 aromatic rings. The minimum absolute atomic E-state index is 0.00547. The predicted molar refractivity (Wildman–Crippen MR) is 58.1 cm³/mol. The van der Waals surface area contributed by atoms with Crippen LogP contribution in [-0.4, -0.2) is 13.7 Å². The van der Waals surface area contributed by atoms with Gasteiger partial charge >= 0.3 is 0 Å². The van der Waals surface area contributed by atoms with E-state index in [1.165, 1.54) is 0 Å². The van der Waals surface area contributed by atoms with Gasteiger partial charge < -0.3 is 16.2 Å². The molecule has 3 heteroatoms. The third kappa shape index (κ3) is 2.47. The SMILES string of the molecule is COc1ccc(C(N)C(C)CN)cc1. The van der Waals surface area contributed by atoms with Gasteiger partial charge in [0.1, 0.15) is 5.75 Å². The molecule has 0 saturated carbocycles. The molecule has 3 nitrogen and oxygen atoms in total. The molecule has 0 aliphatic carbocycles. The van der Waals surface area contributed by atoms with Crippen molar-refractivity contribution in [1.29, 1.82) is 0 Å². The molecule has 4 N–H and O–H groups in total. The molecular weight excluding hydrogens is 176 g/mol. The van der Waals surface area contributed by atoms with Crippen molar-refractivity contribution in [3.63, 3.8) is 0 Å². The van der Waals surface area contributed by atoms with Crippen LogP contribution in [0.5, 0.6) is 5.75 Å². The zero-order valence-corrected chi connectivity index (χ0v) is 8.73. The highest BCUT2D eigenvalue weighted by molar-refractivity contribution is 5.29. The first-order valence-corrected chi connectivity index (χ1v) is 4.78. The molecule has 0 saturated heterocycles. The topological polar surface area (TPSA) is 61.3 Å². The van der Waals surface area contributed by atoms with Crippen LogP contribution in [-0.2, 0) is 0 Å². The first-order chi connectivity index (χ1) is 6.69. The van der Waals surface area contributed by atoms with Crippen LogP contribution in [0.25, 0.3) is 0 Å². The molecule has 0 aromatic heterocycles. The first kappa shape index (κ1) is 11.0. The summed E-state index contributed by atoms with van der Waals surface area (Å²) in [6.45, 7) is 2.65. The lowest BCUT2D eigenvalue weighted by Gasteiger charge is -2.18. The highest BCUT2D eigenvalue weighted by atomic mass is 16.5. The molecule has 0 aliphatic rings. The maximum absolute atomic E-state index is 6.02. The highest BCUT2D eigenvalue weighted by Crippen LogP contribution is 2.20. The molecule has 14 heavy (non-hydrogen) atoms. The van der Waals surface area contributed by atoms with Gasteiger partial charge in [-0.05, 0) is 30.2 Å². The summed E-state index contributed by atoms with van der Waals surface area (Å²) in [4.78, 5) is 0. The smallest absolute Gasteiger partial charge is 0.118 e. The van der Waals surface area contributed by atoms with Gasteiger partial charge in [-0.15, -0.1) is 0 Å². The lowest BCUT2D eigenvalue weighted by Crippen LogP contribution is -2.25. The van der Waals surface area contributed by atoms with E-state index in [1.807, 2.05) is 24.3 Å². The zero-order chi connectivity index (χ0) is 10.6. The monoisotopic (exact) mass is 194 g/mol. The number of nitrogens with two attached hydrogens (primary N) is 2. The fourth-order valence-corrected chi connectivity index (χ4v) is 1.30. The summed E-state index contributed by atoms with van der Waals surface area (Å²) < 4.78 is 5.07. The average molecular weight is 194 g/mol. The van der Waals surface area contributed by atoms with Gasteiger partial charge in [0.15, 0.2) is 0 Å². The number of hydrogen-bond donors (Lipinski definition) is 2. The Balaban J connectivity index is 2.75. The van der Waals surface area contributed by atoms with E-state index in [9.17, 15) is 0 Å². The minimum atomic E-state index is 0.00547. The summed E-state index contributed by atoms with van der Waals surface area (Å²) in [7, 11) is 1.65. The standard InChI is InChI=1S/C11H18N2O/c1-8(7-12)11(13)9-3-5-10(14-2)6-4-9/h3-6,8,11H,7,12-13H2,1-2H3. The Kier molecular flexibility index (Phi) is 3.92. The molecule has 1 rings (SSSR count). The van der Waals surface area contributed by atoms with Gasteiger partial charge in [0, 0.05) is 6.04 Å². The Morgan fingerprint density at radius 2 is 1.86 bits per heavy atom. The summed E-state index contributed by atoms with van der Waals surface area (Å²) in [6.07, 6.45) is 0. The van der Waals surface area contributed by atoms with Crippen LogP contribution in [0.15, 0.2) is 24.3 Å². The fourth-order valence-electron chi connectivity index (χ4n) is 1.30. The molecule has 0 amide bonds. The summed E-state index contributed by atoms with van der Waals surface area (Å²) in [5.41, 5.74) is 12.7. The third-order valence-electron chi connectivity index (χ3n) is 2.49. The summed E-state index contributed by atoms with van der Waals surface area (Å²) in [5, 5.41) is 0. The van der Waals surface area contributed by atoms with Crippen molar-refractivity contribution in [2.24, 2.45) is 17.4 Å². The summed E-state index contributed by atoms with van der Waals surface area (Å²) in [6, 6.07) is 7.80. The molecule has 0 spiro atoms. The highest BCUT2D eigenvalue weighted by Gasteiger charge is 2.12. The van der Waals surface area contributed by atoms with Crippen molar-refractivity contribution in [2.45, 2.75) is 13.0 Å². The molecule has 2 unspecified atom stereocenters. The van der Waals surface area contributed by atoms with Crippen molar-refractivity contribution in [3.05, 3.63) is 29.8 Å². The van der Waals surface area contributed by atoms with E-state index in [0.29, 0.717) is 12.5 Å². The van der Waals surface area contributed by atoms with Gasteiger partial charge in [-0.25, -0.2) is 0 Å². The Morgan fingerprint density at radius 3 is 2.29 bits per heavy atom. The van der Waals surface area contributed by atoms with Crippen molar-refractivity contribution in [1.82, 2.24) is 0 Å². The van der Waals surface area contributed by atoms with Crippen LogP contribution in [0, 0.1) is 5.92 Å². The average Bonchev–Trinajstić information content (AvgIpc) is 2.27. The van der Waals surface area contributed by atoms with E-state index >= 15 is 0 Å². The number of rotatable bonds is 4. The van der Waals surface area contributed by atoms with Crippen molar-refractivity contribution in [2.75, 3.05) is 13.7 Å². The lowest BCUT2D eigenvalue weighted by atomic mass is 9.95. The number of hydrogen-bond acceptors (Lipinski definition) is 3. The Bertz CT molecular complexity index is 271. The van der Waals surface area contributed by atoms with E-state index in [1.54, 1.807) is 7.11 Å². The van der Waals surface area contributed by atoms with E-state index in [-0.39, 0.29) is 6.04 Å². The van der Waals surface area contributed by atoms with Gasteiger partial charge in [-0.1, -0.05) is 19.1 Å². The Hall–Kier alpha value is -1.06. The van der Waals surface area contributed by atoms with Gasteiger partial charge in [-0.3, -0.25) is 0 Å². The van der Waals surface area contributed by atoms with Gasteiger partial charge in [-0.2, -0.15) is 0 Å². The van der Waals surface area contributed by atoms with Gasteiger partial charge in [0.2, 0.25) is 0 Å². The second-order valence-electron chi connectivity index (χ2n) is 3.51. The second-order valence-corrected chi connectivity index (χ2v) is 3.51. The maximum atomic E-state index is 6.02. The molecule has 2 atom stereocenters. The molecule has 0 bridgehead atoms. The van der Waals surface area contributed by atoms with Crippen LogP contribution in [0.4, 0.5) is 0 Å². The van der Waals surface area contributed by atoms with Gasteiger partial charge in [0.05, 0.1) is 7.11 Å². The fraction of sp³-hybridized carbons (Fsp3) is 0.455. The number of methoxy groups -OCH3 is 1. The number of benzene rings is 1. The normalized spacial score (nSPS) is 14.9. The van der Waals surface area contributed by atoms with E-state index in [2.05, 4.69) is 6.92 Å². The lowest BCUT2D eigenvalue weighted by molar-refractivity contribution is 0.414. The quantitative estimate of drug-likeness (QED) is 0.759. The molecule has 0 fully saturated rings. The van der Waals surface area contributed by atoms with Crippen molar-refractivity contribution in [3.8, 4) is 5.75 Å². The van der Waals surface area contributed by atoms with Crippen LogP contribution in [0.2, 0.25) is 0 Å². The van der Waals surface area contributed by atoms with E-state index < -0.39 is 0 Å². The van der Waals surface area contributed by atoms with Crippen LogP contribution < -0.4 is 16.2 Å². The van der Waals surface area contributed by atoms with E-state index in [0.717, 1.165) is 11.3 Å². The van der Waals surface area contributed by atoms with Crippen LogP contribution >= 0.6 is 0 Å². The molecule has 0 radical (unpaired) electrons. The summed E-state index contributed by atoms with van der Waals surface area (Å²) in [5.74, 6) is 1.14. The maximum Gasteiger partial charge on any atom is 0.118 e. The third-order valence-corrected chi connectivity index (χ3v) is 2.49. The minimum Gasteiger partial charge on any atom is -0.497 e. The molecule has 0 heterocycles. The molecule has 1 aromatic carbocycles. The second kappa shape index (κ2) is 4.98. The molecule has 78 valence electrons.